The summed E-state index contributed by atoms with van der Waals surface area (Å²) in [6, 6.07) is 0.691. The molecule has 5 heteroatoms. The molecule has 0 saturated carbocycles. The molecule has 1 N–H and O–H groups in total. The van der Waals surface area contributed by atoms with Crippen LogP contribution in [0.25, 0.3) is 0 Å². The van der Waals surface area contributed by atoms with Crippen molar-refractivity contribution in [3.05, 3.63) is 16.6 Å². The average molecular weight is 262 g/mol. The van der Waals surface area contributed by atoms with E-state index in [2.05, 4.69) is 22.2 Å². The van der Waals surface area contributed by atoms with Gasteiger partial charge in [0.2, 0.25) is 0 Å². The number of thiazole rings is 1. The van der Waals surface area contributed by atoms with Crippen LogP contribution in [0.4, 0.5) is 0 Å². The van der Waals surface area contributed by atoms with E-state index in [1.807, 2.05) is 11.7 Å². The van der Waals surface area contributed by atoms with Crippen molar-refractivity contribution in [2.24, 2.45) is 0 Å². The maximum atomic E-state index is 4.10. The molecule has 16 heavy (non-hydrogen) atoms. The Morgan fingerprint density at radius 1 is 1.56 bits per heavy atom. The molecule has 92 valence electrons. The van der Waals surface area contributed by atoms with Crippen LogP contribution in [0.2, 0.25) is 0 Å². The van der Waals surface area contributed by atoms with Crippen LogP contribution >= 0.6 is 23.7 Å². The maximum absolute atomic E-state index is 4.10. The lowest BCUT2D eigenvalue weighted by molar-refractivity contribution is 0.258. The van der Waals surface area contributed by atoms with Crippen LogP contribution in [-0.2, 0) is 6.54 Å². The molecule has 1 unspecified atom stereocenters. The van der Waals surface area contributed by atoms with Gasteiger partial charge in [-0.25, -0.2) is 0 Å². The topological polar surface area (TPSA) is 28.2 Å². The molecule has 0 bridgehead atoms. The summed E-state index contributed by atoms with van der Waals surface area (Å²) in [5, 5.41) is 3.58. The number of hydrogen-bond acceptors (Lipinski definition) is 4. The third-order valence-corrected chi connectivity index (χ3v) is 3.62. The van der Waals surface area contributed by atoms with Gasteiger partial charge in [0.15, 0.2) is 0 Å². The molecule has 0 radical (unpaired) electrons. The molecule has 0 aromatic carbocycles. The number of likely N-dealkylation sites (N-methyl/N-ethyl adjacent to an activating group) is 1. The molecule has 1 fully saturated rings. The second-order valence-electron chi connectivity index (χ2n) is 4.31. The van der Waals surface area contributed by atoms with Gasteiger partial charge in [-0.05, 0) is 26.4 Å². The fourth-order valence-electron chi connectivity index (χ4n) is 2.11. The first-order chi connectivity index (χ1) is 7.34. The van der Waals surface area contributed by atoms with E-state index in [1.54, 1.807) is 11.3 Å². The molecule has 2 rings (SSSR count). The van der Waals surface area contributed by atoms with E-state index in [0.717, 1.165) is 13.1 Å². The number of piperidine rings is 1. The van der Waals surface area contributed by atoms with Crippen LogP contribution in [-0.4, -0.2) is 36.1 Å². The minimum atomic E-state index is 0. The van der Waals surface area contributed by atoms with Crippen molar-refractivity contribution >= 4 is 23.7 Å². The molecule has 1 saturated heterocycles. The largest absolute Gasteiger partial charge is 0.313 e. The van der Waals surface area contributed by atoms with Gasteiger partial charge in [-0.2, -0.15) is 0 Å². The highest BCUT2D eigenvalue weighted by molar-refractivity contribution is 7.09. The highest BCUT2D eigenvalue weighted by Crippen LogP contribution is 2.11. The number of halogens is 1. The minimum absolute atomic E-state index is 0. The Hall–Kier alpha value is -0.160. The second kappa shape index (κ2) is 7.22. The Morgan fingerprint density at radius 3 is 3.06 bits per heavy atom. The molecule has 3 nitrogen and oxygen atoms in total. The molecule has 0 aliphatic carbocycles. The van der Waals surface area contributed by atoms with Crippen molar-refractivity contribution in [1.29, 1.82) is 0 Å². The second-order valence-corrected chi connectivity index (χ2v) is 5.28. The third kappa shape index (κ3) is 4.37. The van der Waals surface area contributed by atoms with Crippen molar-refractivity contribution in [3.63, 3.8) is 0 Å². The number of nitrogens with one attached hydrogen (secondary N) is 1. The number of rotatable bonds is 4. The summed E-state index contributed by atoms with van der Waals surface area (Å²) in [4.78, 5) is 7.84. The van der Waals surface area contributed by atoms with E-state index in [9.17, 15) is 0 Å². The Bertz CT molecular complexity index is 273. The molecule has 1 aromatic heterocycles. The first kappa shape index (κ1) is 13.9. The fourth-order valence-corrected chi connectivity index (χ4v) is 2.78. The standard InChI is InChI=1S/C11H19N3S.ClH/c1-14(8-11-6-12-9-15-11)7-10-4-2-3-5-13-10;/h6,9-10,13H,2-5,7-8H2,1H3;1H. The van der Waals surface area contributed by atoms with Gasteiger partial charge < -0.3 is 5.32 Å². The lowest BCUT2D eigenvalue weighted by Gasteiger charge is -2.27. The van der Waals surface area contributed by atoms with E-state index < -0.39 is 0 Å². The molecule has 1 aliphatic heterocycles. The maximum Gasteiger partial charge on any atom is 0.0794 e. The third-order valence-electron chi connectivity index (χ3n) is 2.85. The molecular weight excluding hydrogens is 242 g/mol. The van der Waals surface area contributed by atoms with Gasteiger partial charge in [-0.15, -0.1) is 23.7 Å². The summed E-state index contributed by atoms with van der Waals surface area (Å²) in [6.45, 7) is 3.37. The normalized spacial score (nSPS) is 20.8. The smallest absolute Gasteiger partial charge is 0.0794 e. The lowest BCUT2D eigenvalue weighted by atomic mass is 10.0. The van der Waals surface area contributed by atoms with Crippen molar-refractivity contribution in [1.82, 2.24) is 15.2 Å². The van der Waals surface area contributed by atoms with Gasteiger partial charge in [-0.1, -0.05) is 6.42 Å². The average Bonchev–Trinajstić information content (AvgIpc) is 2.71. The molecule has 1 aliphatic rings. The highest BCUT2D eigenvalue weighted by atomic mass is 35.5. The fraction of sp³-hybridized carbons (Fsp3) is 0.727. The number of aromatic nitrogens is 1. The Balaban J connectivity index is 0.00000128. The predicted molar refractivity (Wildman–Crippen MR) is 71.3 cm³/mol. The van der Waals surface area contributed by atoms with E-state index in [0.29, 0.717) is 6.04 Å². The zero-order valence-electron chi connectivity index (χ0n) is 9.69. The van der Waals surface area contributed by atoms with Crippen LogP contribution < -0.4 is 5.32 Å². The summed E-state index contributed by atoms with van der Waals surface area (Å²) < 4.78 is 0. The Morgan fingerprint density at radius 2 is 2.44 bits per heavy atom. The molecule has 0 spiro atoms. The number of hydrogen-bond donors (Lipinski definition) is 1. The molecule has 0 amide bonds. The molecule has 1 atom stereocenters. The van der Waals surface area contributed by atoms with E-state index in [-0.39, 0.29) is 12.4 Å². The van der Waals surface area contributed by atoms with Gasteiger partial charge in [0.05, 0.1) is 5.51 Å². The zero-order valence-corrected chi connectivity index (χ0v) is 11.3. The zero-order chi connectivity index (χ0) is 10.5. The van der Waals surface area contributed by atoms with Crippen molar-refractivity contribution < 1.29 is 0 Å². The molecule has 2 heterocycles. The quantitative estimate of drug-likeness (QED) is 0.900. The molecular formula is C11H20ClN3S. The van der Waals surface area contributed by atoms with Crippen molar-refractivity contribution in [3.8, 4) is 0 Å². The van der Waals surface area contributed by atoms with Gasteiger partial charge in [0.1, 0.15) is 0 Å². The summed E-state index contributed by atoms with van der Waals surface area (Å²) in [5.41, 5.74) is 1.90. The summed E-state index contributed by atoms with van der Waals surface area (Å²) in [6.07, 6.45) is 6.02. The van der Waals surface area contributed by atoms with Gasteiger partial charge in [0.25, 0.3) is 0 Å². The van der Waals surface area contributed by atoms with Crippen LogP contribution in [0.1, 0.15) is 24.1 Å². The Labute approximate surface area is 108 Å². The van der Waals surface area contributed by atoms with Crippen molar-refractivity contribution in [2.45, 2.75) is 31.8 Å². The summed E-state index contributed by atoms with van der Waals surface area (Å²) in [5.74, 6) is 0. The SMILES string of the molecule is CN(Cc1cncs1)CC1CCCCN1.Cl. The summed E-state index contributed by atoms with van der Waals surface area (Å²) in [7, 11) is 2.19. The van der Waals surface area contributed by atoms with Gasteiger partial charge >= 0.3 is 0 Å². The molecule has 1 aromatic rings. The Kier molecular flexibility index (Phi) is 6.28. The van der Waals surface area contributed by atoms with Crippen molar-refractivity contribution in [2.75, 3.05) is 20.1 Å². The van der Waals surface area contributed by atoms with Gasteiger partial charge in [-0.3, -0.25) is 9.88 Å². The first-order valence-corrected chi connectivity index (χ1v) is 6.52. The summed E-state index contributed by atoms with van der Waals surface area (Å²) >= 11 is 1.74. The lowest BCUT2D eigenvalue weighted by Crippen LogP contribution is -2.42. The van der Waals surface area contributed by atoms with E-state index >= 15 is 0 Å². The first-order valence-electron chi connectivity index (χ1n) is 5.64. The van der Waals surface area contributed by atoms with E-state index in [1.165, 1.54) is 30.7 Å². The van der Waals surface area contributed by atoms with Gasteiger partial charge in [0, 0.05) is 30.2 Å². The monoisotopic (exact) mass is 261 g/mol. The predicted octanol–water partition coefficient (Wildman–Crippen LogP) is 2.14. The van der Waals surface area contributed by atoms with Crippen LogP contribution in [0.5, 0.6) is 0 Å². The van der Waals surface area contributed by atoms with E-state index in [4.69, 9.17) is 0 Å². The van der Waals surface area contributed by atoms with Crippen LogP contribution in [0, 0.1) is 0 Å². The highest BCUT2D eigenvalue weighted by Gasteiger charge is 2.14. The van der Waals surface area contributed by atoms with Crippen LogP contribution in [0.3, 0.4) is 0 Å². The minimum Gasteiger partial charge on any atom is -0.313 e. The van der Waals surface area contributed by atoms with Crippen LogP contribution in [0.15, 0.2) is 11.7 Å². The number of nitrogens with zero attached hydrogens (tertiary/aromatic N) is 2.